The highest BCUT2D eigenvalue weighted by Gasteiger charge is 2.23. The van der Waals surface area contributed by atoms with E-state index >= 15 is 0 Å². The first kappa shape index (κ1) is 14.0. The average Bonchev–Trinajstić information content (AvgIpc) is 3.07. The zero-order valence-corrected chi connectivity index (χ0v) is 12.7. The van der Waals surface area contributed by atoms with Gasteiger partial charge in [-0.15, -0.1) is 0 Å². The number of hydrogen-bond donors (Lipinski definition) is 1. The van der Waals surface area contributed by atoms with Gasteiger partial charge in [-0.2, -0.15) is 4.98 Å². The molecule has 0 saturated carbocycles. The van der Waals surface area contributed by atoms with Crippen molar-refractivity contribution < 1.29 is 4.52 Å². The summed E-state index contributed by atoms with van der Waals surface area (Å²) >= 11 is 0. The Hall–Kier alpha value is -1.95. The molecule has 6 heteroatoms. The van der Waals surface area contributed by atoms with Gasteiger partial charge in [0.05, 0.1) is 0 Å². The third kappa shape index (κ3) is 2.90. The predicted octanol–water partition coefficient (Wildman–Crippen LogP) is 1.97. The van der Waals surface area contributed by atoms with Gasteiger partial charge in [-0.25, -0.2) is 4.98 Å². The smallest absolute Gasteiger partial charge is 0.258 e. The number of pyridine rings is 1. The highest BCUT2D eigenvalue weighted by atomic mass is 16.5. The SMILES string of the molecule is CC(C)(C)c1noc(-c2ccnc(N3CCC(N)C3)c2)n1. The number of anilines is 1. The van der Waals surface area contributed by atoms with Crippen molar-refractivity contribution in [3.63, 3.8) is 0 Å². The molecule has 21 heavy (non-hydrogen) atoms. The topological polar surface area (TPSA) is 81.1 Å². The molecule has 1 unspecified atom stereocenters. The van der Waals surface area contributed by atoms with E-state index in [1.807, 2.05) is 12.1 Å². The largest absolute Gasteiger partial charge is 0.355 e. The molecule has 1 atom stereocenters. The van der Waals surface area contributed by atoms with Crippen LogP contribution in [0.1, 0.15) is 33.0 Å². The van der Waals surface area contributed by atoms with E-state index < -0.39 is 0 Å². The molecule has 0 aromatic carbocycles. The van der Waals surface area contributed by atoms with Crippen molar-refractivity contribution in [1.29, 1.82) is 0 Å². The van der Waals surface area contributed by atoms with E-state index in [1.54, 1.807) is 6.20 Å². The summed E-state index contributed by atoms with van der Waals surface area (Å²) in [4.78, 5) is 11.1. The minimum Gasteiger partial charge on any atom is -0.355 e. The lowest BCUT2D eigenvalue weighted by Crippen LogP contribution is -2.26. The highest BCUT2D eigenvalue weighted by molar-refractivity contribution is 5.59. The van der Waals surface area contributed by atoms with Gasteiger partial charge in [0.25, 0.3) is 5.89 Å². The Morgan fingerprint density at radius 3 is 2.81 bits per heavy atom. The van der Waals surface area contributed by atoms with Crippen LogP contribution in [-0.2, 0) is 5.41 Å². The fourth-order valence-corrected chi connectivity index (χ4v) is 2.37. The van der Waals surface area contributed by atoms with Crippen molar-refractivity contribution in [1.82, 2.24) is 15.1 Å². The Morgan fingerprint density at radius 1 is 1.38 bits per heavy atom. The lowest BCUT2D eigenvalue weighted by atomic mass is 9.96. The molecule has 2 N–H and O–H groups in total. The van der Waals surface area contributed by atoms with Crippen molar-refractivity contribution in [2.75, 3.05) is 18.0 Å². The second-order valence-electron chi connectivity index (χ2n) is 6.57. The van der Waals surface area contributed by atoms with E-state index in [-0.39, 0.29) is 11.5 Å². The summed E-state index contributed by atoms with van der Waals surface area (Å²) < 4.78 is 5.38. The van der Waals surface area contributed by atoms with E-state index in [9.17, 15) is 0 Å². The molecule has 2 aromatic heterocycles. The van der Waals surface area contributed by atoms with Gasteiger partial charge in [0.1, 0.15) is 5.82 Å². The van der Waals surface area contributed by atoms with Crippen molar-refractivity contribution in [2.45, 2.75) is 38.6 Å². The second-order valence-corrected chi connectivity index (χ2v) is 6.57. The Bertz CT molecular complexity index is 631. The van der Waals surface area contributed by atoms with Gasteiger partial charge in [-0.05, 0) is 18.6 Å². The zero-order valence-electron chi connectivity index (χ0n) is 12.7. The number of nitrogens with zero attached hydrogens (tertiary/aromatic N) is 4. The van der Waals surface area contributed by atoms with E-state index in [0.717, 1.165) is 30.9 Å². The predicted molar refractivity (Wildman–Crippen MR) is 81.0 cm³/mol. The molecule has 6 nitrogen and oxygen atoms in total. The Morgan fingerprint density at radius 2 is 2.19 bits per heavy atom. The number of aromatic nitrogens is 3. The average molecular weight is 287 g/mol. The summed E-state index contributed by atoms with van der Waals surface area (Å²) in [5.41, 5.74) is 6.72. The minimum atomic E-state index is -0.126. The summed E-state index contributed by atoms with van der Waals surface area (Å²) in [5, 5.41) is 4.06. The molecule has 0 radical (unpaired) electrons. The van der Waals surface area contributed by atoms with Crippen LogP contribution in [0.2, 0.25) is 0 Å². The third-order valence-electron chi connectivity index (χ3n) is 3.64. The Kier molecular flexibility index (Phi) is 3.41. The summed E-state index contributed by atoms with van der Waals surface area (Å²) in [6.45, 7) is 7.96. The fourth-order valence-electron chi connectivity index (χ4n) is 2.37. The maximum absolute atomic E-state index is 5.95. The van der Waals surface area contributed by atoms with Crippen molar-refractivity contribution in [3.05, 3.63) is 24.2 Å². The molecule has 3 rings (SSSR count). The first-order valence-corrected chi connectivity index (χ1v) is 7.24. The normalized spacial score (nSPS) is 19.2. The van der Waals surface area contributed by atoms with Crippen LogP contribution in [0, 0.1) is 0 Å². The van der Waals surface area contributed by atoms with Crippen LogP contribution in [0.4, 0.5) is 5.82 Å². The number of nitrogens with two attached hydrogens (primary N) is 1. The van der Waals surface area contributed by atoms with Crippen molar-refractivity contribution in [3.8, 4) is 11.5 Å². The number of rotatable bonds is 2. The minimum absolute atomic E-state index is 0.126. The van der Waals surface area contributed by atoms with Gasteiger partial charge in [0, 0.05) is 36.3 Å². The summed E-state index contributed by atoms with van der Waals surface area (Å²) in [7, 11) is 0. The monoisotopic (exact) mass is 287 g/mol. The van der Waals surface area contributed by atoms with Crippen molar-refractivity contribution >= 4 is 5.82 Å². The molecule has 0 bridgehead atoms. The number of hydrogen-bond acceptors (Lipinski definition) is 6. The molecule has 0 aliphatic carbocycles. The van der Waals surface area contributed by atoms with E-state index in [0.29, 0.717) is 11.7 Å². The molecular weight excluding hydrogens is 266 g/mol. The first-order chi connectivity index (χ1) is 9.93. The molecule has 1 saturated heterocycles. The van der Waals surface area contributed by atoms with Crippen LogP contribution in [0.25, 0.3) is 11.5 Å². The molecule has 1 aliphatic rings. The maximum Gasteiger partial charge on any atom is 0.258 e. The van der Waals surface area contributed by atoms with Gasteiger partial charge >= 0.3 is 0 Å². The van der Waals surface area contributed by atoms with E-state index in [1.165, 1.54) is 0 Å². The van der Waals surface area contributed by atoms with Gasteiger partial charge in [-0.3, -0.25) is 0 Å². The molecular formula is C15H21N5O. The standard InChI is InChI=1S/C15H21N5O/c1-15(2,3)14-18-13(21-19-14)10-4-6-17-12(8-10)20-7-5-11(16)9-20/h4,6,8,11H,5,7,9,16H2,1-3H3. The van der Waals surface area contributed by atoms with Crippen LogP contribution in [0.3, 0.4) is 0 Å². The van der Waals surface area contributed by atoms with Gasteiger partial charge in [-0.1, -0.05) is 25.9 Å². The quantitative estimate of drug-likeness (QED) is 0.909. The summed E-state index contributed by atoms with van der Waals surface area (Å²) in [6, 6.07) is 4.10. The molecule has 1 fully saturated rings. The van der Waals surface area contributed by atoms with Crippen LogP contribution >= 0.6 is 0 Å². The van der Waals surface area contributed by atoms with Crippen LogP contribution in [-0.4, -0.2) is 34.3 Å². The summed E-state index contributed by atoms with van der Waals surface area (Å²) in [6.07, 6.45) is 2.77. The highest BCUT2D eigenvalue weighted by Crippen LogP contribution is 2.26. The van der Waals surface area contributed by atoms with Crippen LogP contribution in [0.15, 0.2) is 22.9 Å². The Labute approximate surface area is 124 Å². The first-order valence-electron chi connectivity index (χ1n) is 7.24. The van der Waals surface area contributed by atoms with Crippen LogP contribution in [0.5, 0.6) is 0 Å². The molecule has 0 amide bonds. The molecule has 3 heterocycles. The maximum atomic E-state index is 5.95. The zero-order chi connectivity index (χ0) is 15.0. The van der Waals surface area contributed by atoms with Gasteiger partial charge in [0.15, 0.2) is 5.82 Å². The molecule has 2 aromatic rings. The molecule has 112 valence electrons. The third-order valence-corrected chi connectivity index (χ3v) is 3.64. The van der Waals surface area contributed by atoms with E-state index in [2.05, 4.69) is 40.8 Å². The second kappa shape index (κ2) is 5.11. The Balaban J connectivity index is 1.88. The summed E-state index contributed by atoms with van der Waals surface area (Å²) in [5.74, 6) is 2.15. The molecule has 0 spiro atoms. The van der Waals surface area contributed by atoms with Crippen LogP contribution < -0.4 is 10.6 Å². The molecule has 1 aliphatic heterocycles. The van der Waals surface area contributed by atoms with E-state index in [4.69, 9.17) is 10.3 Å². The fraction of sp³-hybridized carbons (Fsp3) is 0.533. The lowest BCUT2D eigenvalue weighted by Gasteiger charge is -2.16. The van der Waals surface area contributed by atoms with Gasteiger partial charge < -0.3 is 15.2 Å². The lowest BCUT2D eigenvalue weighted by molar-refractivity contribution is 0.402. The van der Waals surface area contributed by atoms with Crippen molar-refractivity contribution in [2.24, 2.45) is 5.73 Å². The van der Waals surface area contributed by atoms with Gasteiger partial charge in [0.2, 0.25) is 0 Å².